The van der Waals surface area contributed by atoms with E-state index in [4.69, 9.17) is 5.73 Å². The van der Waals surface area contributed by atoms with Gasteiger partial charge in [0.15, 0.2) is 0 Å². The molecular formula is C14H19N3S. The second-order valence-electron chi connectivity index (χ2n) is 4.56. The first-order valence-corrected chi connectivity index (χ1v) is 6.92. The molecule has 18 heavy (non-hydrogen) atoms. The summed E-state index contributed by atoms with van der Waals surface area (Å²) in [6.45, 7) is 4.55. The predicted octanol–water partition coefficient (Wildman–Crippen LogP) is 2.54. The van der Waals surface area contributed by atoms with E-state index in [0.717, 1.165) is 18.8 Å². The first-order chi connectivity index (χ1) is 8.69. The summed E-state index contributed by atoms with van der Waals surface area (Å²) in [5.74, 6) is 0. The third-order valence-electron chi connectivity index (χ3n) is 2.94. The molecule has 96 valence electrons. The zero-order valence-corrected chi connectivity index (χ0v) is 11.7. The van der Waals surface area contributed by atoms with Crippen molar-refractivity contribution in [1.82, 2.24) is 9.88 Å². The minimum Gasteiger partial charge on any atom is -0.326 e. The van der Waals surface area contributed by atoms with E-state index in [-0.39, 0.29) is 0 Å². The first-order valence-electron chi connectivity index (χ1n) is 6.04. The van der Waals surface area contributed by atoms with E-state index < -0.39 is 0 Å². The highest BCUT2D eigenvalue weighted by molar-refractivity contribution is 7.09. The summed E-state index contributed by atoms with van der Waals surface area (Å²) in [6.07, 6.45) is 0. The third-order valence-corrected chi connectivity index (χ3v) is 3.86. The molecule has 0 bridgehead atoms. The molecule has 0 fully saturated rings. The maximum atomic E-state index is 5.66. The minimum absolute atomic E-state index is 0.603. The lowest BCUT2D eigenvalue weighted by Gasteiger charge is -2.16. The SMILES string of the molecule is Cc1ncsc1CN(C)Cc1cccc(CN)c1. The van der Waals surface area contributed by atoms with E-state index in [0.29, 0.717) is 6.54 Å². The lowest BCUT2D eigenvalue weighted by molar-refractivity contribution is 0.321. The summed E-state index contributed by atoms with van der Waals surface area (Å²) in [7, 11) is 2.13. The summed E-state index contributed by atoms with van der Waals surface area (Å²) in [5, 5.41) is 0. The van der Waals surface area contributed by atoms with E-state index >= 15 is 0 Å². The highest BCUT2D eigenvalue weighted by Crippen LogP contribution is 2.16. The van der Waals surface area contributed by atoms with Crippen LogP contribution in [0.25, 0.3) is 0 Å². The molecule has 4 heteroatoms. The van der Waals surface area contributed by atoms with Gasteiger partial charge in [-0.15, -0.1) is 11.3 Å². The van der Waals surface area contributed by atoms with Gasteiger partial charge in [-0.3, -0.25) is 4.90 Å². The van der Waals surface area contributed by atoms with Gasteiger partial charge in [0, 0.05) is 24.5 Å². The smallest absolute Gasteiger partial charge is 0.0798 e. The molecule has 2 rings (SSSR count). The number of benzene rings is 1. The first kappa shape index (κ1) is 13.2. The molecule has 0 aliphatic carbocycles. The zero-order valence-electron chi connectivity index (χ0n) is 10.9. The molecule has 0 atom stereocenters. The molecule has 0 saturated carbocycles. The molecule has 0 aliphatic rings. The molecule has 1 aromatic carbocycles. The number of aryl methyl sites for hydroxylation is 1. The molecule has 0 radical (unpaired) electrons. The van der Waals surface area contributed by atoms with Crippen molar-refractivity contribution in [3.05, 3.63) is 51.5 Å². The topological polar surface area (TPSA) is 42.2 Å². The van der Waals surface area contributed by atoms with Crippen LogP contribution in [0.4, 0.5) is 0 Å². The highest BCUT2D eigenvalue weighted by atomic mass is 32.1. The van der Waals surface area contributed by atoms with Gasteiger partial charge in [0.2, 0.25) is 0 Å². The molecule has 0 amide bonds. The minimum atomic E-state index is 0.603. The number of hydrogen-bond donors (Lipinski definition) is 1. The average Bonchev–Trinajstić information content (AvgIpc) is 2.75. The lowest BCUT2D eigenvalue weighted by atomic mass is 10.1. The average molecular weight is 261 g/mol. The van der Waals surface area contributed by atoms with Crippen LogP contribution < -0.4 is 5.73 Å². The van der Waals surface area contributed by atoms with Crippen LogP contribution in [0.15, 0.2) is 29.8 Å². The summed E-state index contributed by atoms with van der Waals surface area (Å²) in [5.41, 5.74) is 11.2. The van der Waals surface area contributed by atoms with Crippen LogP contribution in [0.1, 0.15) is 21.7 Å². The van der Waals surface area contributed by atoms with E-state index in [1.807, 2.05) is 5.51 Å². The van der Waals surface area contributed by atoms with Gasteiger partial charge in [0.1, 0.15) is 0 Å². The Balaban J connectivity index is 1.98. The van der Waals surface area contributed by atoms with Gasteiger partial charge in [0.05, 0.1) is 11.2 Å². The van der Waals surface area contributed by atoms with E-state index in [1.165, 1.54) is 16.0 Å². The van der Waals surface area contributed by atoms with Crippen molar-refractivity contribution in [3.63, 3.8) is 0 Å². The normalized spacial score (nSPS) is 11.1. The summed E-state index contributed by atoms with van der Waals surface area (Å²) < 4.78 is 0. The molecule has 2 N–H and O–H groups in total. The Morgan fingerprint density at radius 3 is 2.72 bits per heavy atom. The molecule has 0 unspecified atom stereocenters. The largest absolute Gasteiger partial charge is 0.326 e. The monoisotopic (exact) mass is 261 g/mol. The van der Waals surface area contributed by atoms with Gasteiger partial charge in [0.25, 0.3) is 0 Å². The van der Waals surface area contributed by atoms with Gasteiger partial charge >= 0.3 is 0 Å². The molecular weight excluding hydrogens is 242 g/mol. The Labute approximate surface area is 112 Å². The second kappa shape index (κ2) is 6.09. The van der Waals surface area contributed by atoms with E-state index in [2.05, 4.69) is 48.1 Å². The van der Waals surface area contributed by atoms with Crippen LogP contribution >= 0.6 is 11.3 Å². The molecule has 1 heterocycles. The fourth-order valence-electron chi connectivity index (χ4n) is 1.95. The molecule has 0 aliphatic heterocycles. The Morgan fingerprint density at radius 1 is 1.28 bits per heavy atom. The lowest BCUT2D eigenvalue weighted by Crippen LogP contribution is -2.17. The van der Waals surface area contributed by atoms with Crippen molar-refractivity contribution in [2.24, 2.45) is 5.73 Å². The standard InChI is InChI=1S/C14H19N3S/c1-11-14(18-10-16-11)9-17(2)8-13-5-3-4-12(6-13)7-15/h3-6,10H,7-9,15H2,1-2H3. The van der Waals surface area contributed by atoms with Gasteiger partial charge in [-0.05, 0) is 25.1 Å². The van der Waals surface area contributed by atoms with Crippen LogP contribution in [0.5, 0.6) is 0 Å². The molecule has 2 aromatic rings. The van der Waals surface area contributed by atoms with Crippen LogP contribution in [0.3, 0.4) is 0 Å². The number of rotatable bonds is 5. The fraction of sp³-hybridized carbons (Fsp3) is 0.357. The van der Waals surface area contributed by atoms with Crippen LogP contribution in [0.2, 0.25) is 0 Å². The van der Waals surface area contributed by atoms with Crippen molar-refractivity contribution >= 4 is 11.3 Å². The Bertz CT molecular complexity index is 507. The van der Waals surface area contributed by atoms with Crippen molar-refractivity contribution in [2.45, 2.75) is 26.6 Å². The maximum absolute atomic E-state index is 5.66. The Hall–Kier alpha value is -1.23. The number of hydrogen-bond acceptors (Lipinski definition) is 4. The molecule has 0 saturated heterocycles. The summed E-state index contributed by atoms with van der Waals surface area (Å²) in [6, 6.07) is 8.46. The van der Waals surface area contributed by atoms with Crippen molar-refractivity contribution in [1.29, 1.82) is 0 Å². The summed E-state index contributed by atoms with van der Waals surface area (Å²) >= 11 is 1.72. The van der Waals surface area contributed by atoms with Crippen LogP contribution in [0, 0.1) is 6.92 Å². The maximum Gasteiger partial charge on any atom is 0.0798 e. The van der Waals surface area contributed by atoms with Gasteiger partial charge in [-0.2, -0.15) is 0 Å². The Kier molecular flexibility index (Phi) is 4.47. The number of aromatic nitrogens is 1. The van der Waals surface area contributed by atoms with Crippen LogP contribution in [-0.4, -0.2) is 16.9 Å². The van der Waals surface area contributed by atoms with E-state index in [9.17, 15) is 0 Å². The van der Waals surface area contributed by atoms with Crippen LogP contribution in [-0.2, 0) is 19.6 Å². The fourth-order valence-corrected chi connectivity index (χ4v) is 2.80. The van der Waals surface area contributed by atoms with Gasteiger partial charge < -0.3 is 5.73 Å². The van der Waals surface area contributed by atoms with Gasteiger partial charge in [-0.25, -0.2) is 4.98 Å². The summed E-state index contributed by atoms with van der Waals surface area (Å²) in [4.78, 5) is 7.92. The Morgan fingerprint density at radius 2 is 2.06 bits per heavy atom. The third kappa shape index (κ3) is 3.38. The predicted molar refractivity (Wildman–Crippen MR) is 76.4 cm³/mol. The van der Waals surface area contributed by atoms with Crippen molar-refractivity contribution in [3.8, 4) is 0 Å². The molecule has 0 spiro atoms. The zero-order chi connectivity index (χ0) is 13.0. The van der Waals surface area contributed by atoms with E-state index in [1.54, 1.807) is 11.3 Å². The van der Waals surface area contributed by atoms with Crippen molar-refractivity contribution in [2.75, 3.05) is 7.05 Å². The second-order valence-corrected chi connectivity index (χ2v) is 5.50. The molecule has 1 aromatic heterocycles. The quantitative estimate of drug-likeness (QED) is 0.899. The highest BCUT2D eigenvalue weighted by Gasteiger charge is 2.06. The van der Waals surface area contributed by atoms with Gasteiger partial charge in [-0.1, -0.05) is 24.3 Å². The molecule has 3 nitrogen and oxygen atoms in total. The number of nitrogens with two attached hydrogens (primary N) is 1. The number of nitrogens with zero attached hydrogens (tertiary/aromatic N) is 2. The van der Waals surface area contributed by atoms with Crippen molar-refractivity contribution < 1.29 is 0 Å². The number of thiazole rings is 1.